The minimum absolute atomic E-state index is 0.0162. The van der Waals surface area contributed by atoms with Gasteiger partial charge in [0.2, 0.25) is 0 Å². The SMILES string of the molecule is CC1CCc2ccccc2N1c1ccnc(CO)c1. The summed E-state index contributed by atoms with van der Waals surface area (Å²) in [5, 5.41) is 9.24. The van der Waals surface area contributed by atoms with Crippen molar-refractivity contribution in [3.8, 4) is 0 Å². The largest absolute Gasteiger partial charge is 0.390 e. The van der Waals surface area contributed by atoms with E-state index in [-0.39, 0.29) is 6.61 Å². The topological polar surface area (TPSA) is 36.4 Å². The molecule has 0 spiro atoms. The molecular formula is C16H18N2O. The number of hydrogen-bond acceptors (Lipinski definition) is 3. The molecule has 0 radical (unpaired) electrons. The molecule has 0 saturated heterocycles. The van der Waals surface area contributed by atoms with Crippen molar-refractivity contribution >= 4 is 11.4 Å². The van der Waals surface area contributed by atoms with E-state index < -0.39 is 0 Å². The molecule has 1 aliphatic rings. The van der Waals surface area contributed by atoms with E-state index >= 15 is 0 Å². The number of pyridine rings is 1. The molecule has 2 heterocycles. The lowest BCUT2D eigenvalue weighted by Gasteiger charge is -2.37. The molecule has 0 bridgehead atoms. The summed E-state index contributed by atoms with van der Waals surface area (Å²) in [5.41, 5.74) is 4.49. The monoisotopic (exact) mass is 254 g/mol. The van der Waals surface area contributed by atoms with Crippen LogP contribution >= 0.6 is 0 Å². The number of rotatable bonds is 2. The Bertz CT molecular complexity index is 582. The van der Waals surface area contributed by atoms with Crippen molar-refractivity contribution in [1.82, 2.24) is 4.98 Å². The third-order valence-electron chi connectivity index (χ3n) is 3.76. The van der Waals surface area contributed by atoms with Crippen LogP contribution in [0.25, 0.3) is 0 Å². The lowest BCUT2D eigenvalue weighted by atomic mass is 9.96. The van der Waals surface area contributed by atoms with Gasteiger partial charge in [-0.15, -0.1) is 0 Å². The summed E-state index contributed by atoms with van der Waals surface area (Å²) in [7, 11) is 0. The number of fused-ring (bicyclic) bond motifs is 1. The summed E-state index contributed by atoms with van der Waals surface area (Å²) in [4.78, 5) is 6.50. The molecule has 19 heavy (non-hydrogen) atoms. The highest BCUT2D eigenvalue weighted by Gasteiger charge is 2.24. The van der Waals surface area contributed by atoms with Crippen molar-refractivity contribution in [2.45, 2.75) is 32.4 Å². The van der Waals surface area contributed by atoms with E-state index in [2.05, 4.69) is 41.1 Å². The first-order valence-electron chi connectivity index (χ1n) is 6.72. The van der Waals surface area contributed by atoms with Crippen LogP contribution in [-0.4, -0.2) is 16.1 Å². The Labute approximate surface area is 113 Å². The summed E-state index contributed by atoms with van der Waals surface area (Å²) < 4.78 is 0. The molecule has 3 rings (SSSR count). The number of aromatic nitrogens is 1. The van der Waals surface area contributed by atoms with E-state index in [0.717, 1.165) is 18.5 Å². The van der Waals surface area contributed by atoms with Gasteiger partial charge in [-0.1, -0.05) is 18.2 Å². The van der Waals surface area contributed by atoms with Crippen molar-refractivity contribution in [3.05, 3.63) is 53.9 Å². The molecule has 3 nitrogen and oxygen atoms in total. The molecule has 1 aromatic heterocycles. The molecule has 1 unspecified atom stereocenters. The molecule has 2 aromatic rings. The maximum absolute atomic E-state index is 9.24. The first-order chi connectivity index (χ1) is 9.29. The molecule has 98 valence electrons. The van der Waals surface area contributed by atoms with E-state index in [0.29, 0.717) is 11.7 Å². The van der Waals surface area contributed by atoms with Crippen LogP contribution in [0.3, 0.4) is 0 Å². The summed E-state index contributed by atoms with van der Waals surface area (Å²) in [6.07, 6.45) is 4.05. The molecule has 1 atom stereocenters. The third-order valence-corrected chi connectivity index (χ3v) is 3.76. The molecule has 3 heteroatoms. The number of aryl methyl sites for hydroxylation is 1. The molecule has 0 aliphatic carbocycles. The average Bonchev–Trinajstić information content (AvgIpc) is 2.47. The Kier molecular flexibility index (Phi) is 3.22. The van der Waals surface area contributed by atoms with Crippen LogP contribution in [0.4, 0.5) is 11.4 Å². The highest BCUT2D eigenvalue weighted by atomic mass is 16.3. The maximum atomic E-state index is 9.24. The van der Waals surface area contributed by atoms with Crippen molar-refractivity contribution in [2.75, 3.05) is 4.90 Å². The van der Waals surface area contributed by atoms with Gasteiger partial charge in [0.1, 0.15) is 0 Å². The molecule has 1 aliphatic heterocycles. The fourth-order valence-corrected chi connectivity index (χ4v) is 2.78. The zero-order chi connectivity index (χ0) is 13.2. The Hall–Kier alpha value is -1.87. The second-order valence-corrected chi connectivity index (χ2v) is 5.05. The third kappa shape index (κ3) is 2.22. The Morgan fingerprint density at radius 2 is 2.16 bits per heavy atom. The molecule has 0 fully saturated rings. The number of nitrogens with zero attached hydrogens (tertiary/aromatic N) is 2. The second kappa shape index (κ2) is 5.02. The fourth-order valence-electron chi connectivity index (χ4n) is 2.78. The van der Waals surface area contributed by atoms with E-state index in [1.54, 1.807) is 6.20 Å². The predicted molar refractivity (Wildman–Crippen MR) is 76.5 cm³/mol. The lowest BCUT2D eigenvalue weighted by Crippen LogP contribution is -2.33. The van der Waals surface area contributed by atoms with Crippen molar-refractivity contribution in [1.29, 1.82) is 0 Å². The van der Waals surface area contributed by atoms with Crippen LogP contribution in [0, 0.1) is 0 Å². The zero-order valence-corrected chi connectivity index (χ0v) is 11.1. The van der Waals surface area contributed by atoms with Gasteiger partial charge in [-0.25, -0.2) is 0 Å². The molecule has 1 N–H and O–H groups in total. The van der Waals surface area contributed by atoms with Crippen molar-refractivity contribution < 1.29 is 5.11 Å². The summed E-state index contributed by atoms with van der Waals surface area (Å²) >= 11 is 0. The van der Waals surface area contributed by atoms with E-state index in [4.69, 9.17) is 0 Å². The number of aliphatic hydroxyl groups excluding tert-OH is 1. The van der Waals surface area contributed by atoms with Gasteiger partial charge in [0.15, 0.2) is 0 Å². The number of aliphatic hydroxyl groups is 1. The summed E-state index contributed by atoms with van der Waals surface area (Å²) in [5.74, 6) is 0. The van der Waals surface area contributed by atoms with Gasteiger partial charge >= 0.3 is 0 Å². The van der Waals surface area contributed by atoms with Gasteiger partial charge in [0, 0.05) is 23.6 Å². The predicted octanol–water partition coefficient (Wildman–Crippen LogP) is 3.05. The van der Waals surface area contributed by atoms with Crippen LogP contribution in [-0.2, 0) is 13.0 Å². The highest BCUT2D eigenvalue weighted by molar-refractivity contribution is 5.68. The average molecular weight is 254 g/mol. The molecule has 0 saturated carbocycles. The minimum Gasteiger partial charge on any atom is -0.390 e. The van der Waals surface area contributed by atoms with E-state index in [1.165, 1.54) is 11.3 Å². The first-order valence-corrected chi connectivity index (χ1v) is 6.72. The van der Waals surface area contributed by atoms with Crippen molar-refractivity contribution in [3.63, 3.8) is 0 Å². The van der Waals surface area contributed by atoms with Crippen LogP contribution < -0.4 is 4.90 Å². The zero-order valence-electron chi connectivity index (χ0n) is 11.1. The van der Waals surface area contributed by atoms with Gasteiger partial charge in [-0.05, 0) is 43.5 Å². The Morgan fingerprint density at radius 1 is 1.32 bits per heavy atom. The normalized spacial score (nSPS) is 18.2. The molecular weight excluding hydrogens is 236 g/mol. The van der Waals surface area contributed by atoms with E-state index in [1.807, 2.05) is 12.1 Å². The standard InChI is InChI=1S/C16H18N2O/c1-12-6-7-13-4-2-3-5-16(13)18(12)15-8-9-17-14(10-15)11-19/h2-5,8-10,12,19H,6-7,11H2,1H3. The number of para-hydroxylation sites is 1. The quantitative estimate of drug-likeness (QED) is 0.895. The molecule has 0 amide bonds. The number of anilines is 2. The van der Waals surface area contributed by atoms with Crippen molar-refractivity contribution in [2.24, 2.45) is 0 Å². The van der Waals surface area contributed by atoms with E-state index in [9.17, 15) is 5.11 Å². The van der Waals surface area contributed by atoms with Crippen LogP contribution in [0.2, 0.25) is 0 Å². The van der Waals surface area contributed by atoms with Gasteiger partial charge < -0.3 is 10.0 Å². The number of benzene rings is 1. The Balaban J connectivity index is 2.07. The van der Waals surface area contributed by atoms with Gasteiger partial charge in [0.25, 0.3) is 0 Å². The number of hydrogen-bond donors (Lipinski definition) is 1. The smallest absolute Gasteiger partial charge is 0.0853 e. The molecule has 1 aromatic carbocycles. The van der Waals surface area contributed by atoms with Gasteiger partial charge in [-0.3, -0.25) is 4.98 Å². The lowest BCUT2D eigenvalue weighted by molar-refractivity contribution is 0.277. The van der Waals surface area contributed by atoms with Gasteiger partial charge in [-0.2, -0.15) is 0 Å². The summed E-state index contributed by atoms with van der Waals surface area (Å²) in [6.45, 7) is 2.23. The minimum atomic E-state index is -0.0162. The first kappa shape index (κ1) is 12.2. The Morgan fingerprint density at radius 3 is 3.00 bits per heavy atom. The second-order valence-electron chi connectivity index (χ2n) is 5.05. The summed E-state index contributed by atoms with van der Waals surface area (Å²) in [6, 6.07) is 13.0. The van der Waals surface area contributed by atoms with Crippen LogP contribution in [0.5, 0.6) is 0 Å². The van der Waals surface area contributed by atoms with Crippen LogP contribution in [0.15, 0.2) is 42.6 Å². The highest BCUT2D eigenvalue weighted by Crippen LogP contribution is 2.36. The fraction of sp³-hybridized carbons (Fsp3) is 0.312. The maximum Gasteiger partial charge on any atom is 0.0853 e. The van der Waals surface area contributed by atoms with Crippen LogP contribution in [0.1, 0.15) is 24.6 Å². The van der Waals surface area contributed by atoms with Gasteiger partial charge in [0.05, 0.1) is 12.3 Å².